The molecule has 1 saturated carbocycles. The zero-order valence-electron chi connectivity index (χ0n) is 10.8. The van der Waals surface area contributed by atoms with Gasteiger partial charge in [-0.2, -0.15) is 0 Å². The smallest absolute Gasteiger partial charge is 0.327 e. The van der Waals surface area contributed by atoms with Crippen LogP contribution in [-0.4, -0.2) is 19.1 Å². The van der Waals surface area contributed by atoms with E-state index in [4.69, 9.17) is 4.74 Å². The summed E-state index contributed by atoms with van der Waals surface area (Å²) >= 11 is 3.14. The molecule has 1 aliphatic carbocycles. The zero-order valence-corrected chi connectivity index (χ0v) is 12.4. The van der Waals surface area contributed by atoms with Crippen LogP contribution < -0.4 is 5.32 Å². The molecule has 3 nitrogen and oxygen atoms in total. The van der Waals surface area contributed by atoms with Crippen molar-refractivity contribution in [3.63, 3.8) is 0 Å². The monoisotopic (exact) mass is 329 g/mol. The number of esters is 1. The molecule has 0 saturated heterocycles. The molecule has 0 aromatic heterocycles. The van der Waals surface area contributed by atoms with Gasteiger partial charge < -0.3 is 4.74 Å². The van der Waals surface area contributed by atoms with Gasteiger partial charge in [0, 0.05) is 6.04 Å². The van der Waals surface area contributed by atoms with Crippen LogP contribution in [0, 0.1) is 5.82 Å². The Kier molecular flexibility index (Phi) is 4.93. The quantitative estimate of drug-likeness (QED) is 0.861. The molecule has 0 aliphatic heterocycles. The Balaban J connectivity index is 2.20. The van der Waals surface area contributed by atoms with Crippen LogP contribution in [0.5, 0.6) is 0 Å². The molecule has 0 radical (unpaired) electrons. The van der Waals surface area contributed by atoms with E-state index in [0.29, 0.717) is 16.1 Å². The van der Waals surface area contributed by atoms with Crippen LogP contribution in [0.25, 0.3) is 0 Å². The highest BCUT2D eigenvalue weighted by Gasteiger charge is 2.26. The van der Waals surface area contributed by atoms with E-state index in [9.17, 15) is 9.18 Å². The Labute approximate surface area is 120 Å². The Morgan fingerprint density at radius 2 is 2.16 bits per heavy atom. The molecule has 1 fully saturated rings. The maximum atomic E-state index is 13.3. The lowest BCUT2D eigenvalue weighted by atomic mass is 10.1. The largest absolute Gasteiger partial charge is 0.468 e. The summed E-state index contributed by atoms with van der Waals surface area (Å²) in [5.41, 5.74) is 0.715. The van der Waals surface area contributed by atoms with Crippen molar-refractivity contribution in [2.75, 3.05) is 7.11 Å². The average Bonchev–Trinajstić information content (AvgIpc) is 2.91. The summed E-state index contributed by atoms with van der Waals surface area (Å²) in [7, 11) is 1.37. The third-order valence-corrected chi connectivity index (χ3v) is 4.08. The van der Waals surface area contributed by atoms with Gasteiger partial charge in [0.2, 0.25) is 0 Å². The fourth-order valence-electron chi connectivity index (χ4n) is 2.44. The predicted molar refractivity (Wildman–Crippen MR) is 74.2 cm³/mol. The zero-order chi connectivity index (χ0) is 13.8. The Morgan fingerprint density at radius 1 is 1.47 bits per heavy atom. The average molecular weight is 330 g/mol. The van der Waals surface area contributed by atoms with Crippen LogP contribution in [-0.2, 0) is 9.53 Å². The van der Waals surface area contributed by atoms with Crippen molar-refractivity contribution in [3.8, 4) is 0 Å². The van der Waals surface area contributed by atoms with Gasteiger partial charge in [-0.3, -0.25) is 5.32 Å². The van der Waals surface area contributed by atoms with Crippen molar-refractivity contribution in [2.45, 2.75) is 37.8 Å². The molecular weight excluding hydrogens is 313 g/mol. The minimum absolute atomic E-state index is 0.327. The number of benzene rings is 1. The maximum absolute atomic E-state index is 13.3. The molecule has 0 heterocycles. The van der Waals surface area contributed by atoms with Gasteiger partial charge in [0.05, 0.1) is 11.6 Å². The molecule has 1 aromatic rings. The lowest BCUT2D eigenvalue weighted by Gasteiger charge is -2.21. The standard InChI is InChI=1S/C14H17BrFNO2/c1-19-14(18)13(17-10-4-2-3-5-10)9-6-7-12(16)11(15)8-9/h6-8,10,13,17H,2-5H2,1H3. The van der Waals surface area contributed by atoms with Gasteiger partial charge in [-0.05, 0) is 46.5 Å². The van der Waals surface area contributed by atoms with Crippen molar-refractivity contribution < 1.29 is 13.9 Å². The molecule has 0 amide bonds. The molecule has 5 heteroatoms. The second kappa shape index (κ2) is 6.48. The summed E-state index contributed by atoms with van der Waals surface area (Å²) in [5, 5.41) is 3.31. The van der Waals surface area contributed by atoms with Crippen LogP contribution in [0.2, 0.25) is 0 Å². The van der Waals surface area contributed by atoms with Crippen molar-refractivity contribution in [1.82, 2.24) is 5.32 Å². The van der Waals surface area contributed by atoms with E-state index < -0.39 is 6.04 Å². The molecule has 19 heavy (non-hydrogen) atoms. The van der Waals surface area contributed by atoms with Crippen molar-refractivity contribution in [3.05, 3.63) is 34.1 Å². The number of methoxy groups -OCH3 is 1. The molecule has 1 atom stereocenters. The first-order chi connectivity index (χ1) is 9.11. The minimum atomic E-state index is -0.537. The molecule has 1 aliphatic rings. The summed E-state index contributed by atoms with van der Waals surface area (Å²) < 4.78 is 18.5. The lowest BCUT2D eigenvalue weighted by Crippen LogP contribution is -2.36. The second-order valence-electron chi connectivity index (χ2n) is 4.78. The van der Waals surface area contributed by atoms with E-state index in [1.807, 2.05) is 0 Å². The fraction of sp³-hybridized carbons (Fsp3) is 0.500. The van der Waals surface area contributed by atoms with Crippen molar-refractivity contribution in [1.29, 1.82) is 0 Å². The van der Waals surface area contributed by atoms with Crippen LogP contribution >= 0.6 is 15.9 Å². The van der Waals surface area contributed by atoms with E-state index in [1.54, 1.807) is 12.1 Å². The summed E-state index contributed by atoms with van der Waals surface area (Å²) in [6.45, 7) is 0. The molecule has 1 unspecified atom stereocenters. The summed E-state index contributed by atoms with van der Waals surface area (Å²) in [5.74, 6) is -0.682. The number of rotatable bonds is 4. The molecule has 104 valence electrons. The molecule has 1 aromatic carbocycles. The highest BCUT2D eigenvalue weighted by molar-refractivity contribution is 9.10. The summed E-state index contributed by atoms with van der Waals surface area (Å²) in [6, 6.07) is 4.38. The highest BCUT2D eigenvalue weighted by atomic mass is 79.9. The van der Waals surface area contributed by atoms with Crippen LogP contribution in [0.15, 0.2) is 22.7 Å². The van der Waals surface area contributed by atoms with E-state index in [0.717, 1.165) is 12.8 Å². The molecule has 0 bridgehead atoms. The van der Waals surface area contributed by atoms with Gasteiger partial charge in [0.25, 0.3) is 0 Å². The Bertz CT molecular complexity index is 461. The SMILES string of the molecule is COC(=O)C(NC1CCCC1)c1ccc(F)c(Br)c1. The first-order valence-corrected chi connectivity index (χ1v) is 7.20. The molecule has 1 N–H and O–H groups in total. The number of ether oxygens (including phenoxy) is 1. The van der Waals surface area contributed by atoms with Crippen molar-refractivity contribution >= 4 is 21.9 Å². The Hall–Kier alpha value is -0.940. The third-order valence-electron chi connectivity index (χ3n) is 3.47. The van der Waals surface area contributed by atoms with Gasteiger partial charge in [0.1, 0.15) is 11.9 Å². The van der Waals surface area contributed by atoms with Crippen molar-refractivity contribution in [2.24, 2.45) is 0 Å². The number of carbonyl (C=O) groups is 1. The Morgan fingerprint density at radius 3 is 2.74 bits per heavy atom. The van der Waals surface area contributed by atoms with E-state index in [-0.39, 0.29) is 11.8 Å². The first-order valence-electron chi connectivity index (χ1n) is 6.40. The normalized spacial score (nSPS) is 17.4. The van der Waals surface area contributed by atoms with Crippen LogP contribution in [0.4, 0.5) is 4.39 Å². The highest BCUT2D eigenvalue weighted by Crippen LogP contribution is 2.25. The summed E-state index contributed by atoms with van der Waals surface area (Å²) in [4.78, 5) is 11.9. The molecule has 0 spiro atoms. The first kappa shape index (κ1) is 14.5. The van der Waals surface area contributed by atoms with Gasteiger partial charge in [-0.1, -0.05) is 18.9 Å². The van der Waals surface area contributed by atoms with E-state index in [1.165, 1.54) is 26.0 Å². The lowest BCUT2D eigenvalue weighted by molar-refractivity contribution is -0.143. The number of hydrogen-bond acceptors (Lipinski definition) is 3. The number of halogens is 2. The van der Waals surface area contributed by atoms with Gasteiger partial charge in [-0.15, -0.1) is 0 Å². The number of hydrogen-bond donors (Lipinski definition) is 1. The second-order valence-corrected chi connectivity index (χ2v) is 5.63. The maximum Gasteiger partial charge on any atom is 0.327 e. The van der Waals surface area contributed by atoms with Gasteiger partial charge in [-0.25, -0.2) is 9.18 Å². The molecular formula is C14H17BrFNO2. The van der Waals surface area contributed by atoms with Crippen LogP contribution in [0.1, 0.15) is 37.3 Å². The van der Waals surface area contributed by atoms with E-state index >= 15 is 0 Å². The van der Waals surface area contributed by atoms with E-state index in [2.05, 4.69) is 21.2 Å². The fourth-order valence-corrected chi connectivity index (χ4v) is 2.83. The number of carbonyl (C=O) groups excluding carboxylic acids is 1. The topological polar surface area (TPSA) is 38.3 Å². The van der Waals surface area contributed by atoms with Crippen LogP contribution in [0.3, 0.4) is 0 Å². The minimum Gasteiger partial charge on any atom is -0.468 e. The van der Waals surface area contributed by atoms with Gasteiger partial charge in [0.15, 0.2) is 0 Å². The third kappa shape index (κ3) is 3.54. The van der Waals surface area contributed by atoms with Gasteiger partial charge >= 0.3 is 5.97 Å². The molecule has 2 rings (SSSR count). The summed E-state index contributed by atoms with van der Waals surface area (Å²) in [6.07, 6.45) is 4.49. The predicted octanol–water partition coefficient (Wildman–Crippen LogP) is 3.33. The number of nitrogens with one attached hydrogen (secondary N) is 1.